The molecule has 0 bridgehead atoms. The van der Waals surface area contributed by atoms with Crippen LogP contribution in [0.2, 0.25) is 5.02 Å². The molecule has 0 radical (unpaired) electrons. The minimum Gasteiger partial charge on any atom is -0.486 e. The smallest absolute Gasteiger partial charge is 0.230 e. The Kier molecular flexibility index (Phi) is 7.58. The summed E-state index contributed by atoms with van der Waals surface area (Å²) in [6.07, 6.45) is 2.02. The SMILES string of the molecule is CCC[C@@H](C)NC(=O)CSc1n[nH]c(COc2ccc(Cl)c(C)c2)n1. The molecule has 1 heterocycles. The molecule has 0 spiro atoms. The van der Waals surface area contributed by atoms with Gasteiger partial charge in [0.2, 0.25) is 11.1 Å². The third-order valence-corrected chi connectivity index (χ3v) is 4.75. The zero-order valence-corrected chi connectivity index (χ0v) is 16.2. The van der Waals surface area contributed by atoms with Crippen molar-refractivity contribution in [3.05, 3.63) is 34.6 Å². The number of halogens is 1. The van der Waals surface area contributed by atoms with Crippen molar-refractivity contribution < 1.29 is 9.53 Å². The van der Waals surface area contributed by atoms with Gasteiger partial charge in [-0.25, -0.2) is 4.98 Å². The average molecular weight is 383 g/mol. The van der Waals surface area contributed by atoms with Gasteiger partial charge >= 0.3 is 0 Å². The fourth-order valence-electron chi connectivity index (χ4n) is 2.22. The van der Waals surface area contributed by atoms with Crippen LogP contribution in [0.5, 0.6) is 5.75 Å². The van der Waals surface area contributed by atoms with Crippen molar-refractivity contribution in [3.8, 4) is 5.75 Å². The maximum Gasteiger partial charge on any atom is 0.230 e. The zero-order valence-electron chi connectivity index (χ0n) is 14.6. The number of nitrogens with one attached hydrogen (secondary N) is 2. The fraction of sp³-hybridized carbons (Fsp3) is 0.471. The highest BCUT2D eigenvalue weighted by Gasteiger charge is 2.10. The lowest BCUT2D eigenvalue weighted by atomic mass is 10.2. The van der Waals surface area contributed by atoms with Crippen LogP contribution in [-0.4, -0.2) is 32.9 Å². The number of carbonyl (C=O) groups is 1. The lowest BCUT2D eigenvalue weighted by molar-refractivity contribution is -0.119. The predicted octanol–water partition coefficient (Wildman–Crippen LogP) is 3.74. The van der Waals surface area contributed by atoms with Crippen molar-refractivity contribution in [2.75, 3.05) is 5.75 Å². The summed E-state index contributed by atoms with van der Waals surface area (Å²) in [5.74, 6) is 1.61. The first-order chi connectivity index (χ1) is 12.0. The number of amides is 1. The van der Waals surface area contributed by atoms with E-state index >= 15 is 0 Å². The van der Waals surface area contributed by atoms with Crippen LogP contribution in [0, 0.1) is 6.92 Å². The summed E-state index contributed by atoms with van der Waals surface area (Å²) in [4.78, 5) is 16.2. The molecule has 136 valence electrons. The van der Waals surface area contributed by atoms with Gasteiger partial charge in [0, 0.05) is 11.1 Å². The molecule has 0 saturated heterocycles. The van der Waals surface area contributed by atoms with E-state index in [-0.39, 0.29) is 18.6 Å². The second kappa shape index (κ2) is 9.68. The molecule has 1 aromatic carbocycles. The molecule has 1 aromatic heterocycles. The molecule has 2 rings (SSSR count). The lowest BCUT2D eigenvalue weighted by Gasteiger charge is -2.11. The molecule has 0 saturated carbocycles. The highest BCUT2D eigenvalue weighted by atomic mass is 35.5. The number of nitrogens with zero attached hydrogens (tertiary/aromatic N) is 2. The Bertz CT molecular complexity index is 708. The van der Waals surface area contributed by atoms with E-state index in [1.54, 1.807) is 6.07 Å². The van der Waals surface area contributed by atoms with E-state index in [1.807, 2.05) is 26.0 Å². The fourth-order valence-corrected chi connectivity index (χ4v) is 2.96. The zero-order chi connectivity index (χ0) is 18.2. The Balaban J connectivity index is 1.77. The van der Waals surface area contributed by atoms with E-state index in [1.165, 1.54) is 11.8 Å². The maximum atomic E-state index is 11.8. The van der Waals surface area contributed by atoms with Gasteiger partial charge < -0.3 is 10.1 Å². The van der Waals surface area contributed by atoms with Gasteiger partial charge in [0.25, 0.3) is 0 Å². The van der Waals surface area contributed by atoms with Crippen molar-refractivity contribution in [1.29, 1.82) is 0 Å². The van der Waals surface area contributed by atoms with Crippen molar-refractivity contribution in [1.82, 2.24) is 20.5 Å². The Morgan fingerprint density at radius 3 is 3.00 bits per heavy atom. The number of hydrogen-bond acceptors (Lipinski definition) is 5. The van der Waals surface area contributed by atoms with Crippen LogP contribution in [-0.2, 0) is 11.4 Å². The number of benzene rings is 1. The molecular weight excluding hydrogens is 360 g/mol. The summed E-state index contributed by atoms with van der Waals surface area (Å²) in [5, 5.41) is 11.1. The van der Waals surface area contributed by atoms with E-state index in [4.69, 9.17) is 16.3 Å². The molecule has 1 atom stereocenters. The van der Waals surface area contributed by atoms with Crippen molar-refractivity contribution in [3.63, 3.8) is 0 Å². The normalized spacial score (nSPS) is 12.0. The largest absolute Gasteiger partial charge is 0.486 e. The molecule has 2 N–H and O–H groups in total. The molecule has 2 aromatic rings. The van der Waals surface area contributed by atoms with Crippen LogP contribution in [0.25, 0.3) is 0 Å². The van der Waals surface area contributed by atoms with Crippen LogP contribution in [0.1, 0.15) is 38.1 Å². The van der Waals surface area contributed by atoms with Crippen LogP contribution in [0.4, 0.5) is 0 Å². The topological polar surface area (TPSA) is 79.9 Å². The van der Waals surface area contributed by atoms with Gasteiger partial charge in [-0.3, -0.25) is 9.89 Å². The first-order valence-corrected chi connectivity index (χ1v) is 9.56. The monoisotopic (exact) mass is 382 g/mol. The summed E-state index contributed by atoms with van der Waals surface area (Å²) in [7, 11) is 0. The molecule has 6 nitrogen and oxygen atoms in total. The highest BCUT2D eigenvalue weighted by Crippen LogP contribution is 2.21. The van der Waals surface area contributed by atoms with Gasteiger partial charge in [-0.05, 0) is 44.0 Å². The Labute approximate surface area is 157 Å². The van der Waals surface area contributed by atoms with Crippen molar-refractivity contribution >= 4 is 29.3 Å². The molecular formula is C17H23ClN4O2S. The number of hydrogen-bond donors (Lipinski definition) is 2. The summed E-state index contributed by atoms with van der Waals surface area (Å²) in [5.41, 5.74) is 0.955. The van der Waals surface area contributed by atoms with E-state index in [2.05, 4.69) is 27.4 Å². The molecule has 0 unspecified atom stereocenters. The van der Waals surface area contributed by atoms with Gasteiger partial charge in [0.1, 0.15) is 12.4 Å². The Morgan fingerprint density at radius 2 is 2.28 bits per heavy atom. The van der Waals surface area contributed by atoms with Crippen LogP contribution in [0.15, 0.2) is 23.4 Å². The van der Waals surface area contributed by atoms with Crippen molar-refractivity contribution in [2.24, 2.45) is 0 Å². The van der Waals surface area contributed by atoms with Gasteiger partial charge in [0.05, 0.1) is 5.75 Å². The van der Waals surface area contributed by atoms with Gasteiger partial charge in [-0.15, -0.1) is 5.10 Å². The summed E-state index contributed by atoms with van der Waals surface area (Å²) in [6.45, 7) is 6.30. The first kappa shape index (κ1) is 19.6. The van der Waals surface area contributed by atoms with E-state index in [9.17, 15) is 4.79 Å². The number of carbonyl (C=O) groups excluding carboxylic acids is 1. The molecule has 0 aliphatic heterocycles. The quantitative estimate of drug-likeness (QED) is 0.646. The van der Waals surface area contributed by atoms with Crippen LogP contribution >= 0.6 is 23.4 Å². The molecule has 0 aliphatic rings. The Hall–Kier alpha value is -1.73. The Morgan fingerprint density at radius 1 is 1.48 bits per heavy atom. The van der Waals surface area contributed by atoms with Gasteiger partial charge in [-0.1, -0.05) is 36.7 Å². The summed E-state index contributed by atoms with van der Waals surface area (Å²) >= 11 is 7.29. The van der Waals surface area contributed by atoms with Crippen LogP contribution < -0.4 is 10.1 Å². The number of aromatic nitrogens is 3. The number of aromatic amines is 1. The second-order valence-electron chi connectivity index (χ2n) is 5.81. The summed E-state index contributed by atoms with van der Waals surface area (Å²) < 4.78 is 5.67. The number of aryl methyl sites for hydroxylation is 1. The molecule has 1 amide bonds. The molecule has 8 heteroatoms. The minimum absolute atomic E-state index is 0.00908. The average Bonchev–Trinajstić information content (AvgIpc) is 3.02. The molecule has 25 heavy (non-hydrogen) atoms. The van der Waals surface area contributed by atoms with Crippen LogP contribution in [0.3, 0.4) is 0 Å². The van der Waals surface area contributed by atoms with E-state index in [0.717, 1.165) is 24.2 Å². The highest BCUT2D eigenvalue weighted by molar-refractivity contribution is 7.99. The number of H-pyrrole nitrogens is 1. The van der Waals surface area contributed by atoms with E-state index < -0.39 is 0 Å². The minimum atomic E-state index is -0.00908. The predicted molar refractivity (Wildman–Crippen MR) is 100 cm³/mol. The standard InChI is InChI=1S/C17H23ClN4O2S/c1-4-5-12(3)19-16(23)10-25-17-20-15(21-22-17)9-24-13-6-7-14(18)11(2)8-13/h6-8,12H,4-5,9-10H2,1-3H3,(H,19,23)(H,20,21,22)/t12-/m1/s1. The number of ether oxygens (including phenoxy) is 1. The molecule has 0 fully saturated rings. The lowest BCUT2D eigenvalue weighted by Crippen LogP contribution is -2.33. The summed E-state index contributed by atoms with van der Waals surface area (Å²) in [6, 6.07) is 5.67. The number of thioether (sulfide) groups is 1. The number of rotatable bonds is 9. The second-order valence-corrected chi connectivity index (χ2v) is 7.16. The third kappa shape index (κ3) is 6.59. The maximum absolute atomic E-state index is 11.8. The third-order valence-electron chi connectivity index (χ3n) is 3.48. The van der Waals surface area contributed by atoms with Crippen molar-refractivity contribution in [2.45, 2.75) is 51.4 Å². The molecule has 0 aliphatic carbocycles. The van der Waals surface area contributed by atoms with Gasteiger partial charge in [-0.2, -0.15) is 0 Å². The first-order valence-electron chi connectivity index (χ1n) is 8.20. The van der Waals surface area contributed by atoms with Gasteiger partial charge in [0.15, 0.2) is 5.82 Å². The van der Waals surface area contributed by atoms with E-state index in [0.29, 0.717) is 21.8 Å².